The smallest absolute Gasteiger partial charge is 0.0718 e. The van der Waals surface area contributed by atoms with Gasteiger partial charge in [0.25, 0.3) is 0 Å². The molecule has 0 aliphatic heterocycles. The van der Waals surface area contributed by atoms with E-state index in [1.807, 2.05) is 31.6 Å². The van der Waals surface area contributed by atoms with Gasteiger partial charge in [-0.15, -0.1) is 0 Å². The lowest BCUT2D eigenvalue weighted by atomic mass is 10.0. The molecule has 0 aliphatic carbocycles. The number of aromatic nitrogens is 2. The van der Waals surface area contributed by atoms with Gasteiger partial charge in [-0.05, 0) is 32.3 Å². The van der Waals surface area contributed by atoms with Crippen molar-refractivity contribution in [1.82, 2.24) is 14.7 Å². The first kappa shape index (κ1) is 18.7. The summed E-state index contributed by atoms with van der Waals surface area (Å²) in [5.74, 6) is 0. The zero-order chi connectivity index (χ0) is 17.7. The molecule has 0 bridgehead atoms. The molecule has 2 rings (SSSR count). The summed E-state index contributed by atoms with van der Waals surface area (Å²) in [6.07, 6.45) is 1.91. The van der Waals surface area contributed by atoms with Crippen LogP contribution >= 0.6 is 0 Å². The lowest BCUT2D eigenvalue weighted by Gasteiger charge is -2.29. The van der Waals surface area contributed by atoms with Crippen LogP contribution in [0.1, 0.15) is 50.2 Å². The maximum absolute atomic E-state index is 10.3. The Balaban J connectivity index is 2.28. The van der Waals surface area contributed by atoms with Gasteiger partial charge in [0, 0.05) is 37.9 Å². The molecule has 0 atom stereocenters. The van der Waals surface area contributed by atoms with Crippen LogP contribution in [0.5, 0.6) is 0 Å². The Labute approximate surface area is 146 Å². The fourth-order valence-corrected chi connectivity index (χ4v) is 3.35. The van der Waals surface area contributed by atoms with Gasteiger partial charge < -0.3 is 5.11 Å². The molecular formula is C20H31N3O. The molecule has 0 saturated carbocycles. The van der Waals surface area contributed by atoms with Crippen molar-refractivity contribution in [2.45, 2.75) is 59.2 Å². The van der Waals surface area contributed by atoms with E-state index in [1.54, 1.807) is 0 Å². The quantitative estimate of drug-likeness (QED) is 0.808. The van der Waals surface area contributed by atoms with Crippen molar-refractivity contribution in [2.24, 2.45) is 7.05 Å². The van der Waals surface area contributed by atoms with Gasteiger partial charge in [0.2, 0.25) is 0 Å². The third-order valence-electron chi connectivity index (χ3n) is 4.27. The Hall–Kier alpha value is -1.65. The van der Waals surface area contributed by atoms with E-state index >= 15 is 0 Å². The Bertz CT molecular complexity index is 641. The molecule has 0 aliphatic rings. The van der Waals surface area contributed by atoms with Crippen molar-refractivity contribution in [1.29, 1.82) is 0 Å². The van der Waals surface area contributed by atoms with E-state index in [0.717, 1.165) is 25.9 Å². The molecule has 0 radical (unpaired) electrons. The van der Waals surface area contributed by atoms with Crippen LogP contribution in [-0.2, 0) is 33.0 Å². The van der Waals surface area contributed by atoms with Crippen LogP contribution in [0.2, 0.25) is 0 Å². The second kappa shape index (κ2) is 7.95. The van der Waals surface area contributed by atoms with E-state index in [4.69, 9.17) is 0 Å². The van der Waals surface area contributed by atoms with Crippen molar-refractivity contribution in [3.05, 3.63) is 52.8 Å². The van der Waals surface area contributed by atoms with E-state index < -0.39 is 5.60 Å². The molecule has 4 nitrogen and oxygen atoms in total. The van der Waals surface area contributed by atoms with Gasteiger partial charge in [0.05, 0.1) is 11.3 Å². The number of aryl methyl sites for hydroxylation is 2. The van der Waals surface area contributed by atoms with E-state index in [9.17, 15) is 5.11 Å². The monoisotopic (exact) mass is 329 g/mol. The first-order valence-corrected chi connectivity index (χ1v) is 8.86. The minimum atomic E-state index is -0.726. The summed E-state index contributed by atoms with van der Waals surface area (Å²) < 4.78 is 2.01. The summed E-state index contributed by atoms with van der Waals surface area (Å²) in [5, 5.41) is 15.0. The molecule has 4 heteroatoms. The summed E-state index contributed by atoms with van der Waals surface area (Å²) >= 11 is 0. The predicted octanol–water partition coefficient (Wildman–Crippen LogP) is 3.32. The highest BCUT2D eigenvalue weighted by molar-refractivity contribution is 5.27. The number of hydrogen-bond acceptors (Lipinski definition) is 3. The van der Waals surface area contributed by atoms with Gasteiger partial charge in [-0.3, -0.25) is 9.58 Å². The van der Waals surface area contributed by atoms with E-state index in [2.05, 4.69) is 48.1 Å². The van der Waals surface area contributed by atoms with E-state index in [0.29, 0.717) is 6.54 Å². The average Bonchev–Trinajstić information content (AvgIpc) is 2.81. The highest BCUT2D eigenvalue weighted by Gasteiger charge is 2.22. The number of hydrogen-bond donors (Lipinski definition) is 1. The second-order valence-electron chi connectivity index (χ2n) is 7.15. The van der Waals surface area contributed by atoms with Crippen molar-refractivity contribution in [3.8, 4) is 0 Å². The third-order valence-corrected chi connectivity index (χ3v) is 4.27. The van der Waals surface area contributed by atoms with Gasteiger partial charge in [-0.1, -0.05) is 44.2 Å². The van der Waals surface area contributed by atoms with Crippen molar-refractivity contribution in [3.63, 3.8) is 0 Å². The zero-order valence-electron chi connectivity index (χ0n) is 15.7. The van der Waals surface area contributed by atoms with Crippen LogP contribution in [0.25, 0.3) is 0 Å². The summed E-state index contributed by atoms with van der Waals surface area (Å²) in [6, 6.07) is 10.5. The summed E-state index contributed by atoms with van der Waals surface area (Å²) in [4.78, 5) is 2.32. The Kier molecular flexibility index (Phi) is 6.19. The molecule has 1 aromatic carbocycles. The number of benzene rings is 1. The molecule has 0 saturated heterocycles. The van der Waals surface area contributed by atoms with Crippen LogP contribution in [0.3, 0.4) is 0 Å². The van der Waals surface area contributed by atoms with Crippen LogP contribution in [0.15, 0.2) is 30.3 Å². The molecule has 1 heterocycles. The molecule has 0 spiro atoms. The maximum Gasteiger partial charge on any atom is 0.0718 e. The van der Waals surface area contributed by atoms with Crippen LogP contribution in [-0.4, -0.2) is 31.9 Å². The van der Waals surface area contributed by atoms with E-state index in [1.165, 1.54) is 22.5 Å². The molecule has 24 heavy (non-hydrogen) atoms. The Morgan fingerprint density at radius 1 is 1.08 bits per heavy atom. The van der Waals surface area contributed by atoms with Gasteiger partial charge in [-0.25, -0.2) is 0 Å². The largest absolute Gasteiger partial charge is 0.389 e. The molecule has 132 valence electrons. The first-order chi connectivity index (χ1) is 11.3. The van der Waals surface area contributed by atoms with Gasteiger partial charge in [-0.2, -0.15) is 5.10 Å². The zero-order valence-corrected chi connectivity index (χ0v) is 15.7. The third kappa shape index (κ3) is 4.92. The molecule has 1 aromatic heterocycles. The molecular weight excluding hydrogens is 298 g/mol. The van der Waals surface area contributed by atoms with Crippen molar-refractivity contribution < 1.29 is 5.11 Å². The average molecular weight is 329 g/mol. The molecule has 0 fully saturated rings. The summed E-state index contributed by atoms with van der Waals surface area (Å²) in [5.41, 5.74) is 4.32. The lowest BCUT2D eigenvalue weighted by molar-refractivity contribution is 0.0305. The number of aliphatic hydroxyl groups is 1. The van der Waals surface area contributed by atoms with Crippen LogP contribution in [0.4, 0.5) is 0 Å². The van der Waals surface area contributed by atoms with Gasteiger partial charge in [0.15, 0.2) is 0 Å². The standard InChI is InChI=1S/C20H31N3O/c1-6-18-17(19(7-2)22(5)21-18)14-23(15-20(3,4)24)13-16-11-9-8-10-12-16/h8-12,24H,6-7,13-15H2,1-5H3. The Morgan fingerprint density at radius 3 is 2.29 bits per heavy atom. The summed E-state index contributed by atoms with van der Waals surface area (Å²) in [6.45, 7) is 10.3. The normalized spacial score (nSPS) is 12.1. The van der Waals surface area contributed by atoms with Crippen molar-refractivity contribution in [2.75, 3.05) is 6.54 Å². The second-order valence-corrected chi connectivity index (χ2v) is 7.15. The lowest BCUT2D eigenvalue weighted by Crippen LogP contribution is -2.38. The fourth-order valence-electron chi connectivity index (χ4n) is 3.35. The maximum atomic E-state index is 10.3. The summed E-state index contributed by atoms with van der Waals surface area (Å²) in [7, 11) is 2.03. The minimum Gasteiger partial charge on any atom is -0.389 e. The number of rotatable bonds is 8. The SMILES string of the molecule is CCc1nn(C)c(CC)c1CN(Cc1ccccc1)CC(C)(C)O. The van der Waals surface area contributed by atoms with Crippen LogP contribution in [0, 0.1) is 0 Å². The molecule has 0 amide bonds. The van der Waals surface area contributed by atoms with E-state index in [-0.39, 0.29) is 0 Å². The number of nitrogens with zero attached hydrogens (tertiary/aromatic N) is 3. The topological polar surface area (TPSA) is 41.3 Å². The van der Waals surface area contributed by atoms with Crippen LogP contribution < -0.4 is 0 Å². The minimum absolute atomic E-state index is 0.628. The van der Waals surface area contributed by atoms with Gasteiger partial charge >= 0.3 is 0 Å². The molecule has 2 aromatic rings. The highest BCUT2D eigenvalue weighted by Crippen LogP contribution is 2.20. The highest BCUT2D eigenvalue weighted by atomic mass is 16.3. The predicted molar refractivity (Wildman–Crippen MR) is 98.8 cm³/mol. The van der Waals surface area contributed by atoms with Gasteiger partial charge in [0.1, 0.15) is 0 Å². The van der Waals surface area contributed by atoms with Crippen molar-refractivity contribution >= 4 is 0 Å². The first-order valence-electron chi connectivity index (χ1n) is 8.86. The molecule has 0 unspecified atom stereocenters. The fraction of sp³-hybridized carbons (Fsp3) is 0.550. The Morgan fingerprint density at radius 2 is 1.75 bits per heavy atom. The molecule has 1 N–H and O–H groups in total.